The smallest absolute Gasteiger partial charge is 0.270 e. The van der Waals surface area contributed by atoms with Crippen LogP contribution in [0.4, 0.5) is 0 Å². The maximum absolute atomic E-state index is 12.1. The first-order chi connectivity index (χ1) is 9.06. The average molecular weight is 261 g/mol. The number of benzene rings is 1. The minimum Gasteiger partial charge on any atom is -0.508 e. The van der Waals surface area contributed by atoms with Crippen LogP contribution >= 0.6 is 0 Å². The topological polar surface area (TPSA) is 82.0 Å². The Kier molecular flexibility index (Phi) is 3.79. The molecule has 2 N–H and O–H groups in total. The molecule has 1 aromatic rings. The van der Waals surface area contributed by atoms with Gasteiger partial charge in [0, 0.05) is 26.4 Å². The first-order valence-electron chi connectivity index (χ1n) is 5.95. The van der Waals surface area contributed by atoms with Gasteiger partial charge in [-0.1, -0.05) is 12.1 Å². The Morgan fingerprint density at radius 1 is 1.37 bits per heavy atom. The van der Waals surface area contributed by atoms with Crippen LogP contribution in [0, 0.1) is 0 Å². The summed E-state index contributed by atoms with van der Waals surface area (Å²) >= 11 is 0. The Labute approximate surface area is 110 Å². The second-order valence-corrected chi connectivity index (χ2v) is 4.42. The van der Waals surface area contributed by atoms with Gasteiger partial charge in [0.1, 0.15) is 11.5 Å². The summed E-state index contributed by atoms with van der Waals surface area (Å²) < 4.78 is 0. The van der Waals surface area contributed by atoms with Crippen molar-refractivity contribution in [3.63, 3.8) is 0 Å². The van der Waals surface area contributed by atoms with Crippen LogP contribution in [0.1, 0.15) is 18.4 Å². The van der Waals surface area contributed by atoms with Crippen LogP contribution in [0.5, 0.6) is 5.75 Å². The van der Waals surface area contributed by atoms with E-state index in [1.165, 1.54) is 4.90 Å². The molecular formula is C13H15N3O3. The Morgan fingerprint density at radius 2 is 2.05 bits per heavy atom. The third-order valence-corrected chi connectivity index (χ3v) is 2.85. The van der Waals surface area contributed by atoms with Gasteiger partial charge in [0.25, 0.3) is 5.91 Å². The fourth-order valence-corrected chi connectivity index (χ4v) is 1.80. The van der Waals surface area contributed by atoms with E-state index in [1.807, 2.05) is 0 Å². The number of hydrogen-bond donors (Lipinski definition) is 2. The Morgan fingerprint density at radius 3 is 2.63 bits per heavy atom. The molecule has 0 bridgehead atoms. The van der Waals surface area contributed by atoms with E-state index in [0.717, 1.165) is 5.56 Å². The van der Waals surface area contributed by atoms with Crippen LogP contribution < -0.4 is 5.43 Å². The van der Waals surface area contributed by atoms with Gasteiger partial charge < -0.3 is 10.0 Å². The molecule has 2 amide bonds. The minimum atomic E-state index is -0.201. The Hall–Kier alpha value is -2.37. The predicted octanol–water partition coefficient (Wildman–Crippen LogP) is 0.617. The fraction of sp³-hybridized carbons (Fsp3) is 0.308. The molecule has 0 saturated heterocycles. The summed E-state index contributed by atoms with van der Waals surface area (Å²) in [5, 5.41) is 13.0. The van der Waals surface area contributed by atoms with Gasteiger partial charge in [-0.25, -0.2) is 5.43 Å². The molecule has 0 aliphatic carbocycles. The lowest BCUT2D eigenvalue weighted by Crippen LogP contribution is -2.37. The second-order valence-electron chi connectivity index (χ2n) is 4.42. The number of aromatic hydroxyl groups is 1. The van der Waals surface area contributed by atoms with Crippen molar-refractivity contribution in [2.75, 3.05) is 7.05 Å². The highest BCUT2D eigenvalue weighted by molar-refractivity contribution is 6.39. The van der Waals surface area contributed by atoms with Crippen LogP contribution in [0.2, 0.25) is 0 Å². The van der Waals surface area contributed by atoms with Crippen molar-refractivity contribution >= 4 is 17.5 Å². The monoisotopic (exact) mass is 261 g/mol. The third kappa shape index (κ3) is 3.31. The normalized spacial score (nSPS) is 14.6. The molecule has 0 radical (unpaired) electrons. The highest BCUT2D eigenvalue weighted by atomic mass is 16.3. The van der Waals surface area contributed by atoms with Crippen LogP contribution in [0.15, 0.2) is 29.4 Å². The SMILES string of the molecule is CN(Cc1ccc(O)cc1)C(=O)C1=NNC(=O)CC1. The highest BCUT2D eigenvalue weighted by Crippen LogP contribution is 2.12. The van der Waals surface area contributed by atoms with Crippen LogP contribution in [0.25, 0.3) is 0 Å². The number of carbonyl (C=O) groups excluding carboxylic acids is 2. The number of rotatable bonds is 3. The van der Waals surface area contributed by atoms with E-state index in [2.05, 4.69) is 10.5 Å². The summed E-state index contributed by atoms with van der Waals surface area (Å²) in [4.78, 5) is 24.6. The van der Waals surface area contributed by atoms with Crippen molar-refractivity contribution in [3.8, 4) is 5.75 Å². The number of nitrogens with zero attached hydrogens (tertiary/aromatic N) is 2. The van der Waals surface area contributed by atoms with Crippen molar-refractivity contribution in [2.45, 2.75) is 19.4 Å². The van der Waals surface area contributed by atoms with E-state index < -0.39 is 0 Å². The molecule has 100 valence electrons. The van der Waals surface area contributed by atoms with Gasteiger partial charge in [-0.3, -0.25) is 9.59 Å². The van der Waals surface area contributed by atoms with Crippen LogP contribution in [-0.2, 0) is 16.1 Å². The highest BCUT2D eigenvalue weighted by Gasteiger charge is 2.21. The van der Waals surface area contributed by atoms with E-state index in [4.69, 9.17) is 0 Å². The number of carbonyl (C=O) groups is 2. The molecule has 1 aliphatic rings. The quantitative estimate of drug-likeness (QED) is 0.836. The standard InChI is InChI=1S/C13H15N3O3/c1-16(8-9-2-4-10(17)5-3-9)13(19)11-6-7-12(18)15-14-11/h2-5,17H,6-8H2,1H3,(H,15,18). The molecule has 0 fully saturated rings. The molecular weight excluding hydrogens is 246 g/mol. The maximum Gasteiger partial charge on any atom is 0.270 e. The first kappa shape index (κ1) is 13.1. The molecule has 6 nitrogen and oxygen atoms in total. The van der Waals surface area contributed by atoms with Gasteiger partial charge in [-0.15, -0.1) is 0 Å². The lowest BCUT2D eigenvalue weighted by molar-refractivity contribution is -0.124. The summed E-state index contributed by atoms with van der Waals surface area (Å²) in [6, 6.07) is 6.66. The molecule has 6 heteroatoms. The fourth-order valence-electron chi connectivity index (χ4n) is 1.80. The number of amides is 2. The molecule has 0 saturated carbocycles. The maximum atomic E-state index is 12.1. The van der Waals surface area contributed by atoms with Crippen molar-refractivity contribution in [3.05, 3.63) is 29.8 Å². The summed E-state index contributed by atoms with van der Waals surface area (Å²) in [5.74, 6) is -0.178. The zero-order valence-electron chi connectivity index (χ0n) is 10.6. The van der Waals surface area contributed by atoms with Crippen molar-refractivity contribution in [2.24, 2.45) is 5.10 Å². The van der Waals surface area contributed by atoms with Gasteiger partial charge >= 0.3 is 0 Å². The Bertz CT molecular complexity index is 522. The number of hydrazone groups is 1. The molecule has 0 atom stereocenters. The van der Waals surface area contributed by atoms with Gasteiger partial charge in [-0.2, -0.15) is 5.10 Å². The largest absolute Gasteiger partial charge is 0.508 e. The summed E-state index contributed by atoms with van der Waals surface area (Å²) in [5.41, 5.74) is 3.58. The zero-order chi connectivity index (χ0) is 13.8. The second kappa shape index (κ2) is 5.51. The van der Waals surface area contributed by atoms with Gasteiger partial charge in [0.05, 0.1) is 0 Å². The van der Waals surface area contributed by atoms with E-state index in [9.17, 15) is 14.7 Å². The van der Waals surface area contributed by atoms with Gasteiger partial charge in [0.15, 0.2) is 0 Å². The summed E-state index contributed by atoms with van der Waals surface area (Å²) in [6.45, 7) is 0.423. The number of phenols is 1. The third-order valence-electron chi connectivity index (χ3n) is 2.85. The van der Waals surface area contributed by atoms with Crippen molar-refractivity contribution < 1.29 is 14.7 Å². The molecule has 2 rings (SSSR count). The van der Waals surface area contributed by atoms with E-state index in [1.54, 1.807) is 31.3 Å². The van der Waals surface area contributed by atoms with Crippen LogP contribution in [0.3, 0.4) is 0 Å². The number of hydrogen-bond acceptors (Lipinski definition) is 4. The molecule has 0 unspecified atom stereocenters. The van der Waals surface area contributed by atoms with Crippen molar-refractivity contribution in [1.29, 1.82) is 0 Å². The predicted molar refractivity (Wildman–Crippen MR) is 69.4 cm³/mol. The van der Waals surface area contributed by atoms with Crippen molar-refractivity contribution in [1.82, 2.24) is 10.3 Å². The summed E-state index contributed by atoms with van der Waals surface area (Å²) in [7, 11) is 1.67. The molecule has 0 aromatic heterocycles. The summed E-state index contributed by atoms with van der Waals surface area (Å²) in [6.07, 6.45) is 0.655. The molecule has 19 heavy (non-hydrogen) atoms. The number of phenolic OH excluding ortho intramolecular Hbond substituents is 1. The molecule has 1 aliphatic heterocycles. The van der Waals surface area contributed by atoms with Gasteiger partial charge in [-0.05, 0) is 17.7 Å². The zero-order valence-corrected chi connectivity index (χ0v) is 10.6. The Balaban J connectivity index is 1.99. The first-order valence-corrected chi connectivity index (χ1v) is 5.95. The van der Waals surface area contributed by atoms with E-state index >= 15 is 0 Å². The number of nitrogens with one attached hydrogen (secondary N) is 1. The van der Waals surface area contributed by atoms with Crippen LogP contribution in [-0.4, -0.2) is 34.6 Å². The molecule has 1 aromatic carbocycles. The molecule has 1 heterocycles. The minimum absolute atomic E-state index is 0.169. The average Bonchev–Trinajstić information content (AvgIpc) is 2.41. The van der Waals surface area contributed by atoms with E-state index in [0.29, 0.717) is 18.7 Å². The van der Waals surface area contributed by atoms with E-state index in [-0.39, 0.29) is 24.0 Å². The van der Waals surface area contributed by atoms with Gasteiger partial charge in [0.2, 0.25) is 5.91 Å². The molecule has 0 spiro atoms. The lowest BCUT2D eigenvalue weighted by atomic mass is 10.1. The lowest BCUT2D eigenvalue weighted by Gasteiger charge is -2.20.